The van der Waals surface area contributed by atoms with Crippen molar-refractivity contribution in [2.75, 3.05) is 5.32 Å². The summed E-state index contributed by atoms with van der Waals surface area (Å²) in [5.74, 6) is -1.08. The molecule has 0 bridgehead atoms. The third-order valence-electron chi connectivity index (χ3n) is 3.96. The monoisotopic (exact) mass is 337 g/mol. The zero-order valence-corrected chi connectivity index (χ0v) is 12.5. The van der Waals surface area contributed by atoms with Gasteiger partial charge in [-0.25, -0.2) is 14.8 Å². The Hall–Kier alpha value is -2.64. The van der Waals surface area contributed by atoms with E-state index in [-0.39, 0.29) is 17.6 Å². The van der Waals surface area contributed by atoms with Gasteiger partial charge in [0.05, 0.1) is 5.56 Å². The van der Waals surface area contributed by atoms with E-state index in [0.717, 1.165) is 23.4 Å². The minimum Gasteiger partial charge on any atom is -0.478 e. The van der Waals surface area contributed by atoms with E-state index in [2.05, 4.69) is 15.3 Å². The predicted octanol–water partition coefficient (Wildman–Crippen LogP) is 3.16. The molecule has 1 aliphatic carbocycles. The van der Waals surface area contributed by atoms with Crippen LogP contribution in [0.25, 0.3) is 0 Å². The van der Waals surface area contributed by atoms with Crippen LogP contribution in [0.4, 0.5) is 19.1 Å². The number of aromatic nitrogens is 2. The highest BCUT2D eigenvalue weighted by Gasteiger charge is 2.33. The first kappa shape index (κ1) is 16.2. The molecule has 8 heteroatoms. The van der Waals surface area contributed by atoms with Gasteiger partial charge in [0, 0.05) is 12.2 Å². The quantitative estimate of drug-likeness (QED) is 0.900. The number of alkyl halides is 3. The molecule has 0 radical (unpaired) electrons. The number of hydrogen-bond donors (Lipinski definition) is 2. The van der Waals surface area contributed by atoms with E-state index in [4.69, 9.17) is 5.11 Å². The molecule has 2 aromatic rings. The molecule has 5 nitrogen and oxygen atoms in total. The van der Waals surface area contributed by atoms with Crippen LogP contribution >= 0.6 is 0 Å². The van der Waals surface area contributed by atoms with E-state index in [1.807, 2.05) is 0 Å². The molecule has 0 spiro atoms. The summed E-state index contributed by atoms with van der Waals surface area (Å²) < 4.78 is 38.1. The molecule has 24 heavy (non-hydrogen) atoms. The van der Waals surface area contributed by atoms with Crippen molar-refractivity contribution in [2.45, 2.75) is 31.5 Å². The Labute approximate surface area is 135 Å². The van der Waals surface area contributed by atoms with Crippen LogP contribution in [0.15, 0.2) is 30.5 Å². The average Bonchev–Trinajstić information content (AvgIpc) is 2.53. The topological polar surface area (TPSA) is 75.1 Å². The van der Waals surface area contributed by atoms with E-state index in [1.54, 1.807) is 18.2 Å². The standard InChI is InChI=1S/C16H14F3N3O2/c17-16(18,19)13-5-6-20-15(22-13)21-12-4-3-9-1-2-10(14(23)24)7-11(9)8-12/h1-2,5-7,12H,3-4,8H2,(H,23,24)(H,20,21,22). The van der Waals surface area contributed by atoms with E-state index in [0.29, 0.717) is 19.3 Å². The van der Waals surface area contributed by atoms with Gasteiger partial charge in [-0.1, -0.05) is 6.07 Å². The van der Waals surface area contributed by atoms with Gasteiger partial charge in [-0.15, -0.1) is 0 Å². The van der Waals surface area contributed by atoms with Crippen molar-refractivity contribution < 1.29 is 23.1 Å². The smallest absolute Gasteiger partial charge is 0.433 e. The van der Waals surface area contributed by atoms with Crippen molar-refractivity contribution >= 4 is 11.9 Å². The summed E-state index contributed by atoms with van der Waals surface area (Å²) in [5.41, 5.74) is 1.14. The minimum atomic E-state index is -4.52. The number of halogens is 3. The fourth-order valence-electron chi connectivity index (χ4n) is 2.78. The van der Waals surface area contributed by atoms with Gasteiger partial charge in [-0.2, -0.15) is 13.2 Å². The highest BCUT2D eigenvalue weighted by Crippen LogP contribution is 2.28. The van der Waals surface area contributed by atoms with Crippen LogP contribution in [0.1, 0.15) is 33.6 Å². The normalized spacial score (nSPS) is 17.2. The van der Waals surface area contributed by atoms with Gasteiger partial charge in [0.25, 0.3) is 0 Å². The Morgan fingerprint density at radius 1 is 1.25 bits per heavy atom. The minimum absolute atomic E-state index is 0.0762. The molecule has 1 atom stereocenters. The largest absolute Gasteiger partial charge is 0.478 e. The van der Waals surface area contributed by atoms with E-state index in [1.165, 1.54) is 0 Å². The highest BCUT2D eigenvalue weighted by atomic mass is 19.4. The average molecular weight is 337 g/mol. The Morgan fingerprint density at radius 3 is 2.75 bits per heavy atom. The molecule has 0 saturated carbocycles. The molecule has 0 saturated heterocycles. The summed E-state index contributed by atoms with van der Waals surface area (Å²) in [7, 11) is 0. The van der Waals surface area contributed by atoms with Gasteiger partial charge in [0.15, 0.2) is 0 Å². The number of fused-ring (bicyclic) bond motifs is 1. The first-order valence-electron chi connectivity index (χ1n) is 7.35. The number of carbonyl (C=O) groups is 1. The molecular formula is C16H14F3N3O2. The Kier molecular flexibility index (Phi) is 4.13. The maximum absolute atomic E-state index is 12.7. The van der Waals surface area contributed by atoms with Crippen molar-refractivity contribution in [3.05, 3.63) is 52.8 Å². The Balaban J connectivity index is 1.76. The van der Waals surface area contributed by atoms with Crippen molar-refractivity contribution in [1.82, 2.24) is 9.97 Å². The summed E-state index contributed by atoms with van der Waals surface area (Å²) >= 11 is 0. The Morgan fingerprint density at radius 2 is 2.04 bits per heavy atom. The molecule has 126 valence electrons. The molecule has 1 aromatic carbocycles. The third kappa shape index (κ3) is 3.47. The number of hydrogen-bond acceptors (Lipinski definition) is 4. The second-order valence-corrected chi connectivity index (χ2v) is 5.64. The van der Waals surface area contributed by atoms with Crippen molar-refractivity contribution in [3.8, 4) is 0 Å². The lowest BCUT2D eigenvalue weighted by Gasteiger charge is -2.26. The molecule has 0 amide bonds. The number of rotatable bonds is 3. The van der Waals surface area contributed by atoms with E-state index >= 15 is 0 Å². The lowest BCUT2D eigenvalue weighted by atomic mass is 9.87. The molecule has 1 aliphatic rings. The maximum Gasteiger partial charge on any atom is 0.433 e. The maximum atomic E-state index is 12.7. The molecular weight excluding hydrogens is 323 g/mol. The number of carboxylic acid groups (broad SMARTS) is 1. The second-order valence-electron chi connectivity index (χ2n) is 5.64. The fraction of sp³-hybridized carbons (Fsp3) is 0.312. The predicted molar refractivity (Wildman–Crippen MR) is 79.9 cm³/mol. The molecule has 1 aromatic heterocycles. The molecule has 1 unspecified atom stereocenters. The number of carboxylic acids is 1. The van der Waals surface area contributed by atoms with Gasteiger partial charge in [0.2, 0.25) is 5.95 Å². The Bertz CT molecular complexity index is 777. The van der Waals surface area contributed by atoms with Crippen molar-refractivity contribution in [1.29, 1.82) is 0 Å². The number of anilines is 1. The van der Waals surface area contributed by atoms with Gasteiger partial charge in [-0.3, -0.25) is 0 Å². The summed E-state index contributed by atoms with van der Waals surface area (Å²) in [6.45, 7) is 0. The third-order valence-corrected chi connectivity index (χ3v) is 3.96. The van der Waals surface area contributed by atoms with Gasteiger partial charge in [0.1, 0.15) is 5.69 Å². The van der Waals surface area contributed by atoms with Crippen LogP contribution in [0, 0.1) is 0 Å². The van der Waals surface area contributed by atoms with Crippen LogP contribution in [-0.4, -0.2) is 27.1 Å². The summed E-state index contributed by atoms with van der Waals surface area (Å²) in [4.78, 5) is 18.4. The second kappa shape index (κ2) is 6.10. The van der Waals surface area contributed by atoms with Crippen LogP contribution in [0.3, 0.4) is 0 Å². The lowest BCUT2D eigenvalue weighted by Crippen LogP contribution is -2.28. The zero-order chi connectivity index (χ0) is 17.3. The molecule has 0 aliphatic heterocycles. The van der Waals surface area contributed by atoms with Gasteiger partial charge in [-0.05, 0) is 48.6 Å². The molecule has 0 fully saturated rings. The van der Waals surface area contributed by atoms with Gasteiger partial charge >= 0.3 is 12.1 Å². The first-order valence-corrected chi connectivity index (χ1v) is 7.35. The summed E-state index contributed by atoms with van der Waals surface area (Å²) in [6, 6.07) is 5.63. The first-order chi connectivity index (χ1) is 11.3. The van der Waals surface area contributed by atoms with Crippen molar-refractivity contribution in [2.24, 2.45) is 0 Å². The van der Waals surface area contributed by atoms with Crippen LogP contribution in [-0.2, 0) is 19.0 Å². The van der Waals surface area contributed by atoms with Crippen molar-refractivity contribution in [3.63, 3.8) is 0 Å². The highest BCUT2D eigenvalue weighted by molar-refractivity contribution is 5.87. The zero-order valence-electron chi connectivity index (χ0n) is 12.5. The molecule has 3 rings (SSSR count). The van der Waals surface area contributed by atoms with E-state index in [9.17, 15) is 18.0 Å². The van der Waals surface area contributed by atoms with Crippen LogP contribution in [0.2, 0.25) is 0 Å². The van der Waals surface area contributed by atoms with Crippen LogP contribution in [0.5, 0.6) is 0 Å². The molecule has 1 heterocycles. The number of nitrogens with one attached hydrogen (secondary N) is 1. The number of benzene rings is 1. The fourth-order valence-corrected chi connectivity index (χ4v) is 2.78. The summed E-state index contributed by atoms with van der Waals surface area (Å²) in [6.07, 6.45) is -1.52. The molecule has 2 N–H and O–H groups in total. The number of aryl methyl sites for hydroxylation is 1. The lowest BCUT2D eigenvalue weighted by molar-refractivity contribution is -0.141. The van der Waals surface area contributed by atoms with Crippen LogP contribution < -0.4 is 5.32 Å². The number of nitrogens with zero attached hydrogens (tertiary/aromatic N) is 2. The van der Waals surface area contributed by atoms with E-state index < -0.39 is 17.8 Å². The number of aromatic carboxylic acids is 1. The summed E-state index contributed by atoms with van der Waals surface area (Å²) in [5, 5.41) is 12.0. The SMILES string of the molecule is O=C(O)c1ccc2c(c1)CC(Nc1nccc(C(F)(F)F)n1)CC2. The van der Waals surface area contributed by atoms with Gasteiger partial charge < -0.3 is 10.4 Å².